The predicted molar refractivity (Wildman–Crippen MR) is 101 cm³/mol. The summed E-state index contributed by atoms with van der Waals surface area (Å²) in [6.45, 7) is 8.75. The standard InChI is InChI=1S/C20H31BrO2/c1-14-15(2)19-18(10-11-20(4,13-22)23-19)16(3)17(14)9-7-5-6-8-12-21/h22H,5-13H2,1-4H3. The van der Waals surface area contributed by atoms with Gasteiger partial charge in [0.1, 0.15) is 11.4 Å². The summed E-state index contributed by atoms with van der Waals surface area (Å²) in [4.78, 5) is 0. The molecular weight excluding hydrogens is 352 g/mol. The van der Waals surface area contributed by atoms with Crippen molar-refractivity contribution in [3.05, 3.63) is 27.8 Å². The van der Waals surface area contributed by atoms with Gasteiger partial charge >= 0.3 is 0 Å². The van der Waals surface area contributed by atoms with Crippen molar-refractivity contribution < 1.29 is 9.84 Å². The van der Waals surface area contributed by atoms with Crippen molar-refractivity contribution >= 4 is 15.9 Å². The average Bonchev–Trinajstić information content (AvgIpc) is 2.55. The zero-order valence-electron chi connectivity index (χ0n) is 15.1. The Morgan fingerprint density at radius 3 is 2.39 bits per heavy atom. The predicted octanol–water partition coefficient (Wildman–Crippen LogP) is 5.19. The lowest BCUT2D eigenvalue weighted by Gasteiger charge is -2.37. The van der Waals surface area contributed by atoms with Gasteiger partial charge < -0.3 is 9.84 Å². The molecule has 0 aromatic heterocycles. The van der Waals surface area contributed by atoms with E-state index in [-0.39, 0.29) is 6.61 Å². The minimum absolute atomic E-state index is 0.0826. The summed E-state index contributed by atoms with van der Waals surface area (Å²) in [5.74, 6) is 1.03. The van der Waals surface area contributed by atoms with Gasteiger partial charge in [-0.15, -0.1) is 0 Å². The number of alkyl halides is 1. The molecule has 1 aromatic rings. The summed E-state index contributed by atoms with van der Waals surface area (Å²) in [6.07, 6.45) is 8.23. The second kappa shape index (κ2) is 8.02. The minimum Gasteiger partial charge on any atom is -0.485 e. The van der Waals surface area contributed by atoms with Gasteiger partial charge in [0.15, 0.2) is 0 Å². The van der Waals surface area contributed by atoms with E-state index in [2.05, 4.69) is 36.7 Å². The van der Waals surface area contributed by atoms with E-state index in [1.165, 1.54) is 59.9 Å². The fourth-order valence-corrected chi connectivity index (χ4v) is 4.02. The topological polar surface area (TPSA) is 29.5 Å². The minimum atomic E-state index is -0.423. The van der Waals surface area contributed by atoms with Crippen molar-refractivity contribution in [1.29, 1.82) is 0 Å². The van der Waals surface area contributed by atoms with Gasteiger partial charge in [0, 0.05) is 5.33 Å². The Morgan fingerprint density at radius 2 is 1.74 bits per heavy atom. The number of rotatable bonds is 7. The molecule has 0 radical (unpaired) electrons. The lowest BCUT2D eigenvalue weighted by molar-refractivity contribution is 0.00726. The summed E-state index contributed by atoms with van der Waals surface area (Å²) in [7, 11) is 0. The number of ether oxygens (including phenoxy) is 1. The Bertz CT molecular complexity index is 553. The molecular formula is C20H31BrO2. The molecule has 0 spiro atoms. The van der Waals surface area contributed by atoms with Crippen LogP contribution in [0.1, 0.15) is 66.8 Å². The Kier molecular flexibility index (Phi) is 6.56. The van der Waals surface area contributed by atoms with Crippen LogP contribution in [0.4, 0.5) is 0 Å². The van der Waals surface area contributed by atoms with Crippen LogP contribution in [0.15, 0.2) is 0 Å². The van der Waals surface area contributed by atoms with Gasteiger partial charge in [0.2, 0.25) is 0 Å². The molecule has 0 bridgehead atoms. The maximum Gasteiger partial charge on any atom is 0.129 e. The van der Waals surface area contributed by atoms with Crippen LogP contribution in [-0.2, 0) is 12.8 Å². The van der Waals surface area contributed by atoms with Crippen LogP contribution in [-0.4, -0.2) is 22.6 Å². The number of fused-ring (bicyclic) bond motifs is 1. The molecule has 1 aromatic carbocycles. The first-order valence-electron chi connectivity index (χ1n) is 8.91. The molecule has 1 atom stereocenters. The van der Waals surface area contributed by atoms with Gasteiger partial charge in [-0.3, -0.25) is 0 Å². The molecule has 2 rings (SSSR count). The molecule has 0 amide bonds. The van der Waals surface area contributed by atoms with Gasteiger partial charge in [-0.05, 0) is 87.6 Å². The number of halogens is 1. The van der Waals surface area contributed by atoms with E-state index in [9.17, 15) is 5.11 Å². The van der Waals surface area contributed by atoms with E-state index < -0.39 is 5.60 Å². The summed E-state index contributed by atoms with van der Waals surface area (Å²) < 4.78 is 6.22. The highest BCUT2D eigenvalue weighted by molar-refractivity contribution is 9.09. The van der Waals surface area contributed by atoms with Crippen molar-refractivity contribution in [2.45, 2.75) is 78.2 Å². The van der Waals surface area contributed by atoms with Crippen LogP contribution >= 0.6 is 15.9 Å². The zero-order valence-corrected chi connectivity index (χ0v) is 16.7. The number of hydrogen-bond acceptors (Lipinski definition) is 2. The first-order chi connectivity index (χ1) is 10.9. The highest BCUT2D eigenvalue weighted by atomic mass is 79.9. The molecule has 0 saturated carbocycles. The maximum absolute atomic E-state index is 9.62. The van der Waals surface area contributed by atoms with E-state index in [1.807, 2.05) is 6.92 Å². The molecule has 0 aliphatic carbocycles. The van der Waals surface area contributed by atoms with E-state index in [1.54, 1.807) is 0 Å². The fourth-order valence-electron chi connectivity index (χ4n) is 3.62. The quantitative estimate of drug-likeness (QED) is 0.519. The largest absolute Gasteiger partial charge is 0.485 e. The van der Waals surface area contributed by atoms with Crippen LogP contribution in [0.25, 0.3) is 0 Å². The summed E-state index contributed by atoms with van der Waals surface area (Å²) in [5.41, 5.74) is 6.53. The number of aliphatic hydroxyl groups is 1. The normalized spacial score (nSPS) is 20.3. The highest BCUT2D eigenvalue weighted by Crippen LogP contribution is 2.41. The SMILES string of the molecule is Cc1c(C)c2c(c(C)c1CCCCCCBr)CCC(C)(CO)O2. The number of unbranched alkanes of at least 4 members (excludes halogenated alkanes) is 3. The molecule has 1 aliphatic rings. The third-order valence-corrected chi connectivity index (χ3v) is 5.99. The van der Waals surface area contributed by atoms with Gasteiger partial charge in [-0.1, -0.05) is 28.8 Å². The number of hydrogen-bond donors (Lipinski definition) is 1. The fraction of sp³-hybridized carbons (Fsp3) is 0.700. The van der Waals surface area contributed by atoms with Gasteiger partial charge in [0.05, 0.1) is 6.61 Å². The molecule has 2 nitrogen and oxygen atoms in total. The van der Waals surface area contributed by atoms with Crippen molar-refractivity contribution in [2.24, 2.45) is 0 Å². The summed E-state index contributed by atoms with van der Waals surface area (Å²) >= 11 is 3.50. The summed E-state index contributed by atoms with van der Waals surface area (Å²) in [5, 5.41) is 10.7. The van der Waals surface area contributed by atoms with Crippen molar-refractivity contribution in [1.82, 2.24) is 0 Å². The Morgan fingerprint density at radius 1 is 1.04 bits per heavy atom. The first-order valence-corrected chi connectivity index (χ1v) is 10.0. The first kappa shape index (κ1) is 18.8. The molecule has 130 valence electrons. The Labute approximate surface area is 149 Å². The van der Waals surface area contributed by atoms with E-state index in [0.29, 0.717) is 0 Å². The highest BCUT2D eigenvalue weighted by Gasteiger charge is 2.33. The second-order valence-electron chi connectivity index (χ2n) is 7.22. The monoisotopic (exact) mass is 382 g/mol. The van der Waals surface area contributed by atoms with Crippen molar-refractivity contribution in [3.63, 3.8) is 0 Å². The zero-order chi connectivity index (χ0) is 17.0. The third-order valence-electron chi connectivity index (χ3n) is 5.43. The summed E-state index contributed by atoms with van der Waals surface area (Å²) in [6, 6.07) is 0. The molecule has 1 heterocycles. The van der Waals surface area contributed by atoms with Gasteiger partial charge in [0.25, 0.3) is 0 Å². The Hall–Kier alpha value is -0.540. The lowest BCUT2D eigenvalue weighted by Crippen LogP contribution is -2.40. The number of benzene rings is 1. The number of aliphatic hydroxyl groups excluding tert-OH is 1. The smallest absolute Gasteiger partial charge is 0.129 e. The van der Waals surface area contributed by atoms with E-state index >= 15 is 0 Å². The van der Waals surface area contributed by atoms with E-state index in [0.717, 1.165) is 23.9 Å². The third kappa shape index (κ3) is 4.11. The van der Waals surface area contributed by atoms with Crippen LogP contribution < -0.4 is 4.74 Å². The second-order valence-corrected chi connectivity index (χ2v) is 8.02. The molecule has 1 N–H and O–H groups in total. The van der Waals surface area contributed by atoms with Crippen LogP contribution in [0.2, 0.25) is 0 Å². The molecule has 1 aliphatic heterocycles. The lowest BCUT2D eigenvalue weighted by atomic mass is 9.84. The van der Waals surface area contributed by atoms with Crippen LogP contribution in [0.3, 0.4) is 0 Å². The molecule has 23 heavy (non-hydrogen) atoms. The maximum atomic E-state index is 9.62. The average molecular weight is 383 g/mol. The van der Waals surface area contributed by atoms with Crippen LogP contribution in [0, 0.1) is 20.8 Å². The molecule has 0 fully saturated rings. The van der Waals surface area contributed by atoms with Gasteiger partial charge in [-0.25, -0.2) is 0 Å². The molecule has 1 unspecified atom stereocenters. The molecule has 0 saturated heterocycles. The van der Waals surface area contributed by atoms with Crippen molar-refractivity contribution in [3.8, 4) is 5.75 Å². The van der Waals surface area contributed by atoms with Gasteiger partial charge in [-0.2, -0.15) is 0 Å². The van der Waals surface area contributed by atoms with Crippen LogP contribution in [0.5, 0.6) is 5.75 Å². The molecule has 3 heteroatoms. The Balaban J connectivity index is 2.22. The van der Waals surface area contributed by atoms with E-state index in [4.69, 9.17) is 4.74 Å². The van der Waals surface area contributed by atoms with Crippen molar-refractivity contribution in [2.75, 3.05) is 11.9 Å².